The summed E-state index contributed by atoms with van der Waals surface area (Å²) in [5.41, 5.74) is 3.89. The predicted molar refractivity (Wildman–Crippen MR) is 181 cm³/mol. The zero-order valence-corrected chi connectivity index (χ0v) is 28.0. The molecule has 0 aliphatic rings. The lowest BCUT2D eigenvalue weighted by Crippen LogP contribution is -2.48. The highest BCUT2D eigenvalue weighted by Crippen LogP contribution is 2.28. The van der Waals surface area contributed by atoms with Gasteiger partial charge in [-0.25, -0.2) is 18.2 Å². The van der Waals surface area contributed by atoms with Gasteiger partial charge in [0.2, 0.25) is 10.0 Å². The Balaban J connectivity index is 0.000000755. The second kappa shape index (κ2) is 16.3. The fourth-order valence-corrected chi connectivity index (χ4v) is 6.74. The number of aliphatic carboxylic acids is 2. The Morgan fingerprint density at radius 3 is 2.24 bits per heavy atom. The summed E-state index contributed by atoms with van der Waals surface area (Å²) in [5.74, 6) is -4.00. The second-order valence-electron chi connectivity index (χ2n) is 11.2. The van der Waals surface area contributed by atoms with Crippen LogP contribution < -0.4 is 15.4 Å². The molecule has 0 bridgehead atoms. The molecule has 0 radical (unpaired) electrons. The monoisotopic (exact) mass is 729 g/mol. The number of aromatic nitrogens is 4. The molecule has 14 nitrogen and oxygen atoms in total. The third-order valence-electron chi connectivity index (χ3n) is 7.38. The van der Waals surface area contributed by atoms with E-state index in [-0.39, 0.29) is 4.90 Å². The minimum absolute atomic E-state index is 0.00830. The number of aromatic amines is 1. The fourth-order valence-electron chi connectivity index (χ4n) is 5.10. The first-order valence-corrected chi connectivity index (χ1v) is 16.7. The summed E-state index contributed by atoms with van der Waals surface area (Å²) in [7, 11) is -4.23. The van der Waals surface area contributed by atoms with Crippen LogP contribution in [0.3, 0.4) is 0 Å². The second-order valence-corrected chi connectivity index (χ2v) is 12.8. The van der Waals surface area contributed by atoms with Crippen LogP contribution in [0.15, 0.2) is 84.1 Å². The minimum atomic E-state index is -5.08. The standard InChI is InChI=1S/C31H33N7O5S.C2HF3O2/c1-20-15-24(22-7-4-3-5-8-22)16-21(2)28(20)44(42,43)37-26(30(40)41)19-35-29(39)23-9-10-27-25(17-23)18-36-38(27)14-6-11-32-31-33-12-13-34-31;3-2(4,5)1(6)7/h3-5,7-10,12-13,15-18,26,37H,6,11,14,19H2,1-2H3,(H,35,39)(H,40,41)(H2,32,33,34);(H,6,7). The van der Waals surface area contributed by atoms with Crippen molar-refractivity contribution >= 4 is 44.7 Å². The van der Waals surface area contributed by atoms with Crippen molar-refractivity contribution in [1.29, 1.82) is 0 Å². The topological polar surface area (TPSA) is 208 Å². The summed E-state index contributed by atoms with van der Waals surface area (Å²) in [5, 5.41) is 27.8. The number of benzene rings is 3. The van der Waals surface area contributed by atoms with E-state index in [0.717, 1.165) is 28.5 Å². The SMILES string of the molecule is Cc1cc(-c2ccccc2)cc(C)c1S(=O)(=O)NC(CNC(=O)c1ccc2c(cnn2CCCNc2ncc[nH]2)c1)C(=O)O.O=C(O)C(F)(F)F. The smallest absolute Gasteiger partial charge is 0.480 e. The number of H-pyrrole nitrogens is 1. The van der Waals surface area contributed by atoms with Crippen LogP contribution in [0.5, 0.6) is 0 Å². The Bertz CT molecular complexity index is 2080. The molecule has 0 saturated heterocycles. The van der Waals surface area contributed by atoms with Gasteiger partial charge in [0, 0.05) is 43.0 Å². The number of carboxylic acid groups (broad SMARTS) is 2. The molecular weight excluding hydrogens is 695 g/mol. The number of amides is 1. The average molecular weight is 730 g/mol. The number of nitrogens with zero attached hydrogens (tertiary/aromatic N) is 3. The van der Waals surface area contributed by atoms with Crippen molar-refractivity contribution in [3.63, 3.8) is 0 Å². The molecule has 51 heavy (non-hydrogen) atoms. The lowest BCUT2D eigenvalue weighted by Gasteiger charge is -2.19. The number of rotatable bonds is 13. The average Bonchev–Trinajstić information content (AvgIpc) is 3.74. The van der Waals surface area contributed by atoms with Crippen molar-refractivity contribution in [3.8, 4) is 11.1 Å². The molecule has 0 aliphatic heterocycles. The van der Waals surface area contributed by atoms with Gasteiger partial charge in [0.15, 0.2) is 5.95 Å². The summed E-state index contributed by atoms with van der Waals surface area (Å²) < 4.78 is 62.5. The van der Waals surface area contributed by atoms with E-state index in [9.17, 15) is 36.3 Å². The zero-order chi connectivity index (χ0) is 37.3. The van der Waals surface area contributed by atoms with Gasteiger partial charge >= 0.3 is 18.1 Å². The summed E-state index contributed by atoms with van der Waals surface area (Å²) >= 11 is 0. The normalized spacial score (nSPS) is 12.1. The number of sulfonamides is 1. The van der Waals surface area contributed by atoms with Gasteiger partial charge in [0.05, 0.1) is 16.6 Å². The van der Waals surface area contributed by atoms with Crippen LogP contribution in [0.1, 0.15) is 27.9 Å². The molecule has 2 aromatic heterocycles. The van der Waals surface area contributed by atoms with Crippen LogP contribution in [0.25, 0.3) is 22.0 Å². The van der Waals surface area contributed by atoms with E-state index in [4.69, 9.17) is 9.90 Å². The van der Waals surface area contributed by atoms with Gasteiger partial charge in [-0.2, -0.15) is 23.0 Å². The minimum Gasteiger partial charge on any atom is -0.480 e. The number of hydrogen-bond acceptors (Lipinski definition) is 8. The van der Waals surface area contributed by atoms with Gasteiger partial charge in [0.1, 0.15) is 6.04 Å². The van der Waals surface area contributed by atoms with Gasteiger partial charge in [-0.05, 0) is 60.7 Å². The number of carbonyl (C=O) groups is 3. The number of halogens is 3. The maximum atomic E-state index is 13.3. The predicted octanol–water partition coefficient (Wildman–Crippen LogP) is 4.34. The number of carbonyl (C=O) groups excluding carboxylic acids is 1. The van der Waals surface area contributed by atoms with Gasteiger partial charge in [-0.1, -0.05) is 42.5 Å². The molecule has 270 valence electrons. The Labute approximate surface area is 289 Å². The van der Waals surface area contributed by atoms with Gasteiger partial charge in [0.25, 0.3) is 5.91 Å². The maximum Gasteiger partial charge on any atom is 0.490 e. The highest BCUT2D eigenvalue weighted by molar-refractivity contribution is 7.89. The Hall–Kier alpha value is -5.75. The van der Waals surface area contributed by atoms with E-state index in [1.165, 1.54) is 0 Å². The van der Waals surface area contributed by atoms with Crippen molar-refractivity contribution < 1.29 is 46.2 Å². The third kappa shape index (κ3) is 10.1. The van der Waals surface area contributed by atoms with Crippen molar-refractivity contribution in [2.75, 3.05) is 18.4 Å². The van der Waals surface area contributed by atoms with E-state index < -0.39 is 46.6 Å². The molecule has 0 spiro atoms. The van der Waals surface area contributed by atoms with Gasteiger partial charge < -0.3 is 25.8 Å². The molecule has 1 amide bonds. The number of aryl methyl sites for hydroxylation is 3. The third-order valence-corrected chi connectivity index (χ3v) is 9.16. The van der Waals surface area contributed by atoms with Gasteiger partial charge in [-0.15, -0.1) is 0 Å². The highest BCUT2D eigenvalue weighted by Gasteiger charge is 2.38. The van der Waals surface area contributed by atoms with Crippen molar-refractivity contribution in [3.05, 3.63) is 95.9 Å². The molecular formula is C33H34F3N7O7S. The maximum absolute atomic E-state index is 13.3. The quantitative estimate of drug-likeness (QED) is 0.0945. The number of fused-ring (bicyclic) bond motifs is 1. The van der Waals surface area contributed by atoms with Crippen molar-refractivity contribution in [1.82, 2.24) is 29.8 Å². The molecule has 1 unspecified atom stereocenters. The summed E-state index contributed by atoms with van der Waals surface area (Å²) in [6.45, 7) is 4.23. The van der Waals surface area contributed by atoms with Crippen molar-refractivity contribution in [2.24, 2.45) is 0 Å². The number of anilines is 1. The molecule has 5 aromatic rings. The molecule has 6 N–H and O–H groups in total. The summed E-state index contributed by atoms with van der Waals surface area (Å²) in [4.78, 5) is 41.0. The van der Waals surface area contributed by atoms with Crippen LogP contribution >= 0.6 is 0 Å². The molecule has 18 heteroatoms. The first kappa shape index (κ1) is 38.1. The molecule has 0 aliphatic carbocycles. The number of imidazole rings is 1. The Morgan fingerprint density at radius 1 is 0.980 bits per heavy atom. The van der Waals surface area contributed by atoms with E-state index in [1.54, 1.807) is 62.8 Å². The fraction of sp³-hybridized carbons (Fsp3) is 0.242. The Morgan fingerprint density at radius 2 is 1.65 bits per heavy atom. The summed E-state index contributed by atoms with van der Waals surface area (Å²) in [6, 6.07) is 16.5. The first-order valence-electron chi connectivity index (χ1n) is 15.3. The van der Waals surface area contributed by atoms with Crippen LogP contribution in [0, 0.1) is 13.8 Å². The molecule has 0 fully saturated rings. The molecule has 5 rings (SSSR count). The van der Waals surface area contributed by atoms with E-state index >= 15 is 0 Å². The number of carboxylic acids is 2. The largest absolute Gasteiger partial charge is 0.490 e. The molecule has 3 aromatic carbocycles. The number of alkyl halides is 3. The first-order chi connectivity index (χ1) is 24.1. The number of nitrogens with one attached hydrogen (secondary N) is 4. The molecule has 1 atom stereocenters. The van der Waals surface area contributed by atoms with E-state index in [2.05, 4.69) is 30.4 Å². The van der Waals surface area contributed by atoms with Crippen LogP contribution in [-0.2, 0) is 26.2 Å². The molecule has 0 saturated carbocycles. The van der Waals surface area contributed by atoms with Crippen LogP contribution in [0.2, 0.25) is 0 Å². The Kier molecular flexibility index (Phi) is 12.2. The van der Waals surface area contributed by atoms with E-state index in [1.807, 2.05) is 35.0 Å². The lowest BCUT2D eigenvalue weighted by atomic mass is 10.0. The number of hydrogen-bond donors (Lipinski definition) is 6. The van der Waals surface area contributed by atoms with Crippen LogP contribution in [0.4, 0.5) is 19.1 Å². The van der Waals surface area contributed by atoms with E-state index in [0.29, 0.717) is 35.7 Å². The zero-order valence-electron chi connectivity index (χ0n) is 27.2. The lowest BCUT2D eigenvalue weighted by molar-refractivity contribution is -0.192. The molecule has 2 heterocycles. The van der Waals surface area contributed by atoms with Gasteiger partial charge in [-0.3, -0.25) is 14.3 Å². The summed E-state index contributed by atoms with van der Waals surface area (Å²) in [6.07, 6.45) is 0.784. The highest BCUT2D eigenvalue weighted by atomic mass is 32.2. The van der Waals surface area contributed by atoms with Crippen LogP contribution in [-0.4, -0.2) is 81.5 Å². The van der Waals surface area contributed by atoms with Crippen molar-refractivity contribution in [2.45, 2.75) is 43.9 Å².